The van der Waals surface area contributed by atoms with E-state index >= 15 is 0 Å². The molecule has 0 aromatic heterocycles. The maximum atomic E-state index is 12.2. The van der Waals surface area contributed by atoms with E-state index in [1.807, 2.05) is 0 Å². The van der Waals surface area contributed by atoms with E-state index in [4.69, 9.17) is 18.9 Å². The lowest BCUT2D eigenvalue weighted by molar-refractivity contribution is -0.199. The molecule has 6 heteroatoms. The molecule has 1 spiro atoms. The smallest absolute Gasteiger partial charge is 0.336 e. The molecule has 0 aromatic rings. The summed E-state index contributed by atoms with van der Waals surface area (Å²) in [7, 11) is 2.77. The monoisotopic (exact) mass is 296 g/mol. The molecule has 1 saturated carbocycles. The van der Waals surface area contributed by atoms with Crippen LogP contribution >= 0.6 is 0 Å². The fraction of sp³-hybridized carbons (Fsp3) is 0.733. The van der Waals surface area contributed by atoms with Gasteiger partial charge >= 0.3 is 5.97 Å². The standard InChI is InChI=1S/C15H20O6/c1-18-11-9(14(17)19-2)8-10(16)12-13(11)21-15(20-12)6-4-3-5-7-15/h8,11-13H,3-7H2,1-2H3/t11-,12-,13+/m0/s1. The number of fused-ring (bicyclic) bond motifs is 1. The lowest BCUT2D eigenvalue weighted by Gasteiger charge is -2.32. The van der Waals surface area contributed by atoms with Gasteiger partial charge in [0.1, 0.15) is 12.2 Å². The van der Waals surface area contributed by atoms with E-state index in [0.717, 1.165) is 32.1 Å². The number of esters is 1. The van der Waals surface area contributed by atoms with E-state index in [2.05, 4.69) is 0 Å². The maximum absolute atomic E-state index is 12.2. The minimum Gasteiger partial charge on any atom is -0.466 e. The minimum atomic E-state index is -0.695. The minimum absolute atomic E-state index is 0.197. The van der Waals surface area contributed by atoms with Crippen LogP contribution in [0.3, 0.4) is 0 Å². The van der Waals surface area contributed by atoms with Crippen molar-refractivity contribution in [3.63, 3.8) is 0 Å². The van der Waals surface area contributed by atoms with Crippen molar-refractivity contribution in [2.45, 2.75) is 56.2 Å². The highest BCUT2D eigenvalue weighted by molar-refractivity contribution is 6.04. The quantitative estimate of drug-likeness (QED) is 0.711. The van der Waals surface area contributed by atoms with Crippen LogP contribution in [0.2, 0.25) is 0 Å². The van der Waals surface area contributed by atoms with E-state index in [0.29, 0.717) is 0 Å². The molecule has 1 saturated heterocycles. The third kappa shape index (κ3) is 2.41. The van der Waals surface area contributed by atoms with Crippen LogP contribution in [0.25, 0.3) is 0 Å². The van der Waals surface area contributed by atoms with Crippen molar-refractivity contribution in [1.29, 1.82) is 0 Å². The van der Waals surface area contributed by atoms with Crippen LogP contribution in [0.5, 0.6) is 0 Å². The Labute approximate surface area is 123 Å². The first kappa shape index (κ1) is 14.7. The first-order valence-corrected chi connectivity index (χ1v) is 7.32. The van der Waals surface area contributed by atoms with E-state index < -0.39 is 30.1 Å². The number of hydrogen-bond acceptors (Lipinski definition) is 6. The Morgan fingerprint density at radius 3 is 2.57 bits per heavy atom. The van der Waals surface area contributed by atoms with Crippen molar-refractivity contribution in [3.8, 4) is 0 Å². The average Bonchev–Trinajstić information content (AvgIpc) is 2.86. The van der Waals surface area contributed by atoms with E-state index in [9.17, 15) is 9.59 Å². The van der Waals surface area contributed by atoms with Crippen LogP contribution in [0.15, 0.2) is 11.6 Å². The second-order valence-electron chi connectivity index (χ2n) is 5.74. The summed E-state index contributed by atoms with van der Waals surface area (Å²) >= 11 is 0. The van der Waals surface area contributed by atoms with Crippen molar-refractivity contribution in [2.24, 2.45) is 0 Å². The highest BCUT2D eigenvalue weighted by Gasteiger charge is 2.56. The Balaban J connectivity index is 1.88. The molecule has 0 N–H and O–H groups in total. The Morgan fingerprint density at radius 1 is 1.24 bits per heavy atom. The number of carbonyl (C=O) groups excluding carboxylic acids is 2. The van der Waals surface area contributed by atoms with Crippen molar-refractivity contribution in [2.75, 3.05) is 14.2 Å². The van der Waals surface area contributed by atoms with Crippen molar-refractivity contribution < 1.29 is 28.5 Å². The number of ketones is 1. The van der Waals surface area contributed by atoms with Gasteiger partial charge in [0.05, 0.1) is 12.7 Å². The normalized spacial score (nSPS) is 34.5. The second-order valence-corrected chi connectivity index (χ2v) is 5.74. The average molecular weight is 296 g/mol. The molecule has 2 fully saturated rings. The zero-order valence-corrected chi connectivity index (χ0v) is 12.3. The lowest BCUT2D eigenvalue weighted by atomic mass is 9.90. The second kappa shape index (κ2) is 5.51. The fourth-order valence-corrected chi connectivity index (χ4v) is 3.45. The van der Waals surface area contributed by atoms with Gasteiger partial charge in [-0.25, -0.2) is 4.79 Å². The topological polar surface area (TPSA) is 71.1 Å². The SMILES string of the molecule is COC(=O)C1=CC(=O)[C@@H]2OC3(CCCCC3)O[C@@H]2[C@H]1OC. The molecule has 116 valence electrons. The number of ether oxygens (including phenoxy) is 4. The summed E-state index contributed by atoms with van der Waals surface area (Å²) in [6.45, 7) is 0. The summed E-state index contributed by atoms with van der Waals surface area (Å²) in [6.07, 6.45) is 4.09. The molecule has 0 unspecified atom stereocenters. The van der Waals surface area contributed by atoms with Crippen molar-refractivity contribution in [1.82, 2.24) is 0 Å². The van der Waals surface area contributed by atoms with Gasteiger partial charge in [0.2, 0.25) is 0 Å². The van der Waals surface area contributed by atoms with Gasteiger partial charge in [-0.3, -0.25) is 4.79 Å². The first-order chi connectivity index (χ1) is 10.1. The zero-order chi connectivity index (χ0) is 15.0. The molecule has 3 aliphatic rings. The zero-order valence-electron chi connectivity index (χ0n) is 12.3. The molecule has 0 aromatic carbocycles. The highest BCUT2D eigenvalue weighted by Crippen LogP contribution is 2.44. The summed E-state index contributed by atoms with van der Waals surface area (Å²) in [5.74, 6) is -1.52. The Kier molecular flexibility index (Phi) is 3.86. The van der Waals surface area contributed by atoms with Crippen LogP contribution in [0.4, 0.5) is 0 Å². The predicted molar refractivity (Wildman–Crippen MR) is 71.5 cm³/mol. The van der Waals surface area contributed by atoms with Crippen LogP contribution in [0, 0.1) is 0 Å². The molecule has 2 aliphatic carbocycles. The van der Waals surface area contributed by atoms with Crippen molar-refractivity contribution >= 4 is 11.8 Å². The molecule has 0 amide bonds. The Bertz CT molecular complexity index is 477. The van der Waals surface area contributed by atoms with E-state index in [1.54, 1.807) is 0 Å². The molecular formula is C15H20O6. The maximum Gasteiger partial charge on any atom is 0.336 e. The molecule has 6 nitrogen and oxygen atoms in total. The highest BCUT2D eigenvalue weighted by atomic mass is 16.8. The van der Waals surface area contributed by atoms with Crippen LogP contribution in [0.1, 0.15) is 32.1 Å². The molecule has 3 atom stereocenters. The third-order valence-electron chi connectivity index (χ3n) is 4.46. The van der Waals surface area contributed by atoms with Gasteiger partial charge in [0, 0.05) is 20.0 Å². The number of carbonyl (C=O) groups is 2. The molecule has 1 aliphatic heterocycles. The van der Waals surface area contributed by atoms with Crippen LogP contribution in [-0.2, 0) is 28.5 Å². The number of hydrogen-bond donors (Lipinski definition) is 0. The van der Waals surface area contributed by atoms with E-state index in [-0.39, 0.29) is 11.4 Å². The summed E-state index contributed by atoms with van der Waals surface area (Å²) in [5, 5.41) is 0. The third-order valence-corrected chi connectivity index (χ3v) is 4.46. The Hall–Kier alpha value is -1.24. The van der Waals surface area contributed by atoms with Gasteiger partial charge in [0.15, 0.2) is 17.7 Å². The summed E-state index contributed by atoms with van der Waals surface area (Å²) in [6, 6.07) is 0. The predicted octanol–water partition coefficient (Wildman–Crippen LogP) is 1.13. The largest absolute Gasteiger partial charge is 0.466 e. The number of rotatable bonds is 2. The number of methoxy groups -OCH3 is 2. The van der Waals surface area contributed by atoms with Crippen LogP contribution < -0.4 is 0 Å². The van der Waals surface area contributed by atoms with Gasteiger partial charge in [-0.05, 0) is 18.9 Å². The molecular weight excluding hydrogens is 276 g/mol. The first-order valence-electron chi connectivity index (χ1n) is 7.32. The molecule has 0 bridgehead atoms. The summed E-state index contributed by atoms with van der Waals surface area (Å²) in [5.41, 5.74) is 0.197. The molecule has 3 rings (SSSR count). The molecule has 1 heterocycles. The lowest BCUT2D eigenvalue weighted by Crippen LogP contribution is -2.47. The molecule has 21 heavy (non-hydrogen) atoms. The van der Waals surface area contributed by atoms with Gasteiger partial charge in [-0.15, -0.1) is 0 Å². The molecule has 0 radical (unpaired) electrons. The van der Waals surface area contributed by atoms with Gasteiger partial charge < -0.3 is 18.9 Å². The van der Waals surface area contributed by atoms with Crippen molar-refractivity contribution in [3.05, 3.63) is 11.6 Å². The Morgan fingerprint density at radius 2 is 1.95 bits per heavy atom. The summed E-state index contributed by atoms with van der Waals surface area (Å²) < 4.78 is 22.1. The summed E-state index contributed by atoms with van der Waals surface area (Å²) in [4.78, 5) is 24.1. The fourth-order valence-electron chi connectivity index (χ4n) is 3.45. The van der Waals surface area contributed by atoms with Gasteiger partial charge in [-0.2, -0.15) is 0 Å². The van der Waals surface area contributed by atoms with Crippen LogP contribution in [-0.4, -0.2) is 50.1 Å². The van der Waals surface area contributed by atoms with Gasteiger partial charge in [0.25, 0.3) is 0 Å². The van der Waals surface area contributed by atoms with Gasteiger partial charge in [-0.1, -0.05) is 6.42 Å². The van der Waals surface area contributed by atoms with E-state index in [1.165, 1.54) is 20.3 Å².